The van der Waals surface area contributed by atoms with Crippen LogP contribution in [0.3, 0.4) is 0 Å². The first-order valence-electron chi connectivity index (χ1n) is 9.33. The fourth-order valence-corrected chi connectivity index (χ4v) is 3.17. The monoisotopic (exact) mass is 513 g/mol. The lowest BCUT2D eigenvalue weighted by molar-refractivity contribution is -0.139. The van der Waals surface area contributed by atoms with E-state index in [1.165, 1.54) is 25.5 Å². The number of amides is 2. The minimum absolute atomic E-state index is 0.102. The molecule has 2 aromatic carbocycles. The summed E-state index contributed by atoms with van der Waals surface area (Å²) < 4.78 is 25.5. The molecule has 7 nitrogen and oxygen atoms in total. The number of carbonyl (C=O) groups is 2. The van der Waals surface area contributed by atoms with Crippen LogP contribution in [0.25, 0.3) is 0 Å². The molecule has 0 aliphatic heterocycles. The van der Waals surface area contributed by atoms with Crippen molar-refractivity contribution in [3.05, 3.63) is 56.8 Å². The molecular formula is C21H22BrClFN3O4. The molecule has 0 heterocycles. The summed E-state index contributed by atoms with van der Waals surface area (Å²) in [6.07, 6.45) is 2.05. The van der Waals surface area contributed by atoms with Gasteiger partial charge in [-0.3, -0.25) is 9.59 Å². The Bertz CT molecular complexity index is 967. The molecule has 0 saturated heterocycles. The average molecular weight is 515 g/mol. The Balaban J connectivity index is 2.09. The molecule has 31 heavy (non-hydrogen) atoms. The van der Waals surface area contributed by atoms with Crippen LogP contribution < -0.4 is 20.2 Å². The molecule has 1 atom stereocenters. The number of hydrogen-bond acceptors (Lipinski definition) is 5. The van der Waals surface area contributed by atoms with Gasteiger partial charge in [0, 0.05) is 11.6 Å². The smallest absolute Gasteiger partial charge is 0.329 e. The number of hydrogen-bond donors (Lipinski definition) is 2. The van der Waals surface area contributed by atoms with E-state index in [2.05, 4.69) is 31.8 Å². The molecule has 0 aliphatic rings. The summed E-state index contributed by atoms with van der Waals surface area (Å²) in [6, 6.07) is 7.54. The van der Waals surface area contributed by atoms with Gasteiger partial charge in [-0.1, -0.05) is 24.6 Å². The van der Waals surface area contributed by atoms with E-state index in [1.807, 2.05) is 6.92 Å². The number of benzene rings is 2. The lowest BCUT2D eigenvalue weighted by atomic mass is 10.2. The van der Waals surface area contributed by atoms with Crippen LogP contribution in [0.2, 0.25) is 5.02 Å². The fraction of sp³-hybridized carbons (Fsp3) is 0.286. The number of rotatable bonds is 8. The van der Waals surface area contributed by atoms with Crippen LogP contribution >= 0.6 is 27.5 Å². The summed E-state index contributed by atoms with van der Waals surface area (Å²) in [5.41, 5.74) is 2.95. The highest BCUT2D eigenvalue weighted by Gasteiger charge is 2.16. The van der Waals surface area contributed by atoms with Gasteiger partial charge >= 0.3 is 11.8 Å². The molecule has 2 amide bonds. The maximum Gasteiger partial charge on any atom is 0.329 e. The van der Waals surface area contributed by atoms with Crippen LogP contribution in [0.4, 0.5) is 4.39 Å². The number of halogens is 3. The van der Waals surface area contributed by atoms with Crippen molar-refractivity contribution in [3.63, 3.8) is 0 Å². The Morgan fingerprint density at radius 2 is 2.06 bits per heavy atom. The zero-order valence-electron chi connectivity index (χ0n) is 17.2. The molecule has 0 saturated carbocycles. The minimum Gasteiger partial charge on any atom is -0.493 e. The molecule has 0 bridgehead atoms. The van der Waals surface area contributed by atoms with E-state index in [0.717, 1.165) is 0 Å². The third-order valence-electron chi connectivity index (χ3n) is 4.25. The zero-order chi connectivity index (χ0) is 23.0. The average Bonchev–Trinajstić information content (AvgIpc) is 2.73. The number of nitrogens with zero attached hydrogens (tertiary/aromatic N) is 1. The number of ether oxygens (including phenoxy) is 2. The third-order valence-corrected chi connectivity index (χ3v) is 5.19. The van der Waals surface area contributed by atoms with Gasteiger partial charge in [-0.15, -0.1) is 0 Å². The molecule has 0 fully saturated rings. The lowest BCUT2D eigenvalue weighted by Crippen LogP contribution is -2.41. The van der Waals surface area contributed by atoms with Gasteiger partial charge in [-0.25, -0.2) is 9.82 Å². The SMILES string of the molecule is CC[C@@H](C)NC(=O)C(=O)N/N=C\c1cc(Br)c(OCc2c(F)cccc2Cl)c(OC)c1. The topological polar surface area (TPSA) is 89.0 Å². The van der Waals surface area contributed by atoms with Crippen LogP contribution in [0.15, 0.2) is 39.9 Å². The van der Waals surface area contributed by atoms with E-state index in [9.17, 15) is 14.0 Å². The second-order valence-electron chi connectivity index (χ2n) is 6.50. The second-order valence-corrected chi connectivity index (χ2v) is 7.77. The van der Waals surface area contributed by atoms with Crippen LogP contribution in [0, 0.1) is 5.82 Å². The molecule has 0 radical (unpaired) electrons. The highest BCUT2D eigenvalue weighted by molar-refractivity contribution is 9.10. The summed E-state index contributed by atoms with van der Waals surface area (Å²) in [4.78, 5) is 23.5. The quantitative estimate of drug-likeness (QED) is 0.314. The van der Waals surface area contributed by atoms with E-state index in [0.29, 0.717) is 28.0 Å². The first-order valence-corrected chi connectivity index (χ1v) is 10.5. The van der Waals surface area contributed by atoms with E-state index in [-0.39, 0.29) is 23.2 Å². The van der Waals surface area contributed by atoms with E-state index in [1.54, 1.807) is 25.1 Å². The van der Waals surface area contributed by atoms with Crippen molar-refractivity contribution in [2.75, 3.05) is 7.11 Å². The van der Waals surface area contributed by atoms with Gasteiger partial charge in [0.05, 0.1) is 22.8 Å². The Morgan fingerprint density at radius 3 is 2.71 bits per heavy atom. The number of nitrogens with one attached hydrogen (secondary N) is 2. The molecule has 0 aromatic heterocycles. The molecule has 0 aliphatic carbocycles. The summed E-state index contributed by atoms with van der Waals surface area (Å²) in [5.74, 6) is -1.41. The fourth-order valence-electron chi connectivity index (χ4n) is 2.38. The van der Waals surface area contributed by atoms with Crippen LogP contribution in [0.1, 0.15) is 31.4 Å². The highest BCUT2D eigenvalue weighted by Crippen LogP contribution is 2.37. The Morgan fingerprint density at radius 1 is 1.32 bits per heavy atom. The molecule has 0 spiro atoms. The summed E-state index contributed by atoms with van der Waals surface area (Å²) in [5, 5.41) is 6.59. The van der Waals surface area contributed by atoms with Crippen molar-refractivity contribution < 1.29 is 23.5 Å². The van der Waals surface area contributed by atoms with Crippen molar-refractivity contribution in [1.29, 1.82) is 0 Å². The molecule has 0 unspecified atom stereocenters. The molecule has 166 valence electrons. The Labute approximate surface area is 193 Å². The largest absolute Gasteiger partial charge is 0.493 e. The second kappa shape index (κ2) is 11.7. The zero-order valence-corrected chi connectivity index (χ0v) is 19.5. The maximum absolute atomic E-state index is 14.0. The first-order chi connectivity index (χ1) is 14.8. The van der Waals surface area contributed by atoms with E-state index >= 15 is 0 Å². The van der Waals surface area contributed by atoms with Crippen LogP contribution in [-0.4, -0.2) is 31.2 Å². The van der Waals surface area contributed by atoms with Gasteiger partial charge in [-0.05, 0) is 59.1 Å². The Hall–Kier alpha value is -2.65. The molecule has 2 aromatic rings. The Kier molecular flexibility index (Phi) is 9.26. The lowest BCUT2D eigenvalue weighted by Gasteiger charge is -2.14. The van der Waals surface area contributed by atoms with Gasteiger partial charge in [0.1, 0.15) is 12.4 Å². The van der Waals surface area contributed by atoms with Gasteiger partial charge in [0.15, 0.2) is 11.5 Å². The first kappa shape index (κ1) is 24.6. The van der Waals surface area contributed by atoms with Gasteiger partial charge in [-0.2, -0.15) is 5.10 Å². The summed E-state index contributed by atoms with van der Waals surface area (Å²) in [7, 11) is 1.45. The molecule has 2 N–H and O–H groups in total. The van der Waals surface area contributed by atoms with Crippen LogP contribution in [0.5, 0.6) is 11.5 Å². The normalized spacial score (nSPS) is 11.8. The summed E-state index contributed by atoms with van der Waals surface area (Å²) >= 11 is 9.42. The highest BCUT2D eigenvalue weighted by atomic mass is 79.9. The minimum atomic E-state index is -0.871. The maximum atomic E-state index is 14.0. The standard InChI is InChI=1S/C21H22BrClFN3O4/c1-4-12(2)26-20(28)21(29)27-25-10-13-8-15(22)19(18(9-13)30-3)31-11-14-16(23)6-5-7-17(14)24/h5-10,12H,4,11H2,1-3H3,(H,26,28)(H,27,29)/b25-10-/t12-/m1/s1. The predicted octanol–water partition coefficient (Wildman–Crippen LogP) is 4.19. The van der Waals surface area contributed by atoms with E-state index < -0.39 is 17.6 Å². The number of carbonyl (C=O) groups excluding carboxylic acids is 2. The third kappa shape index (κ3) is 6.93. The van der Waals surface area contributed by atoms with Crippen molar-refractivity contribution >= 4 is 45.6 Å². The molecular weight excluding hydrogens is 493 g/mol. The van der Waals surface area contributed by atoms with Crippen LogP contribution in [-0.2, 0) is 16.2 Å². The predicted molar refractivity (Wildman–Crippen MR) is 120 cm³/mol. The van der Waals surface area contributed by atoms with Crippen molar-refractivity contribution in [1.82, 2.24) is 10.7 Å². The number of methoxy groups -OCH3 is 1. The molecule has 2 rings (SSSR count). The van der Waals surface area contributed by atoms with Crippen molar-refractivity contribution in [2.45, 2.75) is 32.9 Å². The molecule has 10 heteroatoms. The van der Waals surface area contributed by atoms with Crippen molar-refractivity contribution in [2.24, 2.45) is 5.10 Å². The van der Waals surface area contributed by atoms with E-state index in [4.69, 9.17) is 21.1 Å². The van der Waals surface area contributed by atoms with Crippen molar-refractivity contribution in [3.8, 4) is 11.5 Å². The van der Waals surface area contributed by atoms with Gasteiger partial charge in [0.25, 0.3) is 0 Å². The summed E-state index contributed by atoms with van der Waals surface area (Å²) in [6.45, 7) is 3.59. The van der Waals surface area contributed by atoms with Gasteiger partial charge < -0.3 is 14.8 Å². The van der Waals surface area contributed by atoms with Gasteiger partial charge in [0.2, 0.25) is 0 Å². The number of hydrazone groups is 1.